The molecule has 0 aliphatic rings. The number of likely N-dealkylation sites (N-methyl/N-ethyl adjacent to an activating group) is 2. The zero-order chi connectivity index (χ0) is 48.9. The highest BCUT2D eigenvalue weighted by Gasteiger charge is 2.19. The molecule has 0 radical (unpaired) electrons. The zero-order valence-electron chi connectivity index (χ0n) is 37.2. The molecular formula is C46H46BCl2IN14O4. The molecule has 4 aromatic heterocycles. The van der Waals surface area contributed by atoms with E-state index in [2.05, 4.69) is 58.3 Å². The average molecular weight is 1070 g/mol. The van der Waals surface area contributed by atoms with Crippen LogP contribution in [0.5, 0.6) is 0 Å². The first-order valence-corrected chi connectivity index (χ1v) is 22.4. The van der Waals surface area contributed by atoms with Crippen molar-refractivity contribution in [1.29, 1.82) is 0 Å². The number of nitrogen functional groups attached to an aromatic ring is 2. The van der Waals surface area contributed by atoms with E-state index >= 15 is 0 Å². The van der Waals surface area contributed by atoms with Crippen LogP contribution in [-0.2, 0) is 9.59 Å². The number of nitrogens with two attached hydrogens (primary N) is 2. The standard InChI is InChI=1S/C23H22ClN7O.C17H18IN7O.C6H6BClO2/c1-30(2)13-3-4-19(32)28-17-9-11-18(12-10-17)31-23-20(22(25)26-14-27-23)21(29-31)15-5-7-16(24)8-6-15;1-24(2)9-3-4-13(26)22-11-5-7-12(8-6-11)25-17-14(15(18)23-25)16(19)20-10-21-17;8-6-3-1-5(2-4-6)7(9)10/h3-12,14H,13H2,1-2H3,(H,28,32)(H2,25,26,27);3-8,10H,9H2,1-2H3,(H,22,26)(H2,19,20,21);1-4,9-10H/b2*4-3+;. The largest absolute Gasteiger partial charge is 0.488 e. The number of carbonyl (C=O) groups is 2. The minimum atomic E-state index is -1.41. The van der Waals surface area contributed by atoms with Crippen LogP contribution in [0.25, 0.3) is 44.7 Å². The van der Waals surface area contributed by atoms with E-state index in [1.807, 2.05) is 111 Å². The lowest BCUT2D eigenvalue weighted by Crippen LogP contribution is -2.29. The molecular weight excluding hydrogens is 1020 g/mol. The van der Waals surface area contributed by atoms with Crippen molar-refractivity contribution in [1.82, 2.24) is 49.3 Å². The van der Waals surface area contributed by atoms with Crippen LogP contribution < -0.4 is 27.6 Å². The van der Waals surface area contributed by atoms with Crippen LogP contribution in [0.1, 0.15) is 0 Å². The molecule has 8 N–H and O–H groups in total. The number of hydrogen-bond acceptors (Lipinski definition) is 14. The highest BCUT2D eigenvalue weighted by molar-refractivity contribution is 14.1. The second-order valence-electron chi connectivity index (χ2n) is 15.2. The first-order valence-electron chi connectivity index (χ1n) is 20.5. The second kappa shape index (κ2) is 23.8. The molecule has 8 rings (SSSR count). The Balaban J connectivity index is 0.000000189. The summed E-state index contributed by atoms with van der Waals surface area (Å²) in [4.78, 5) is 44.7. The fourth-order valence-corrected chi connectivity index (χ4v) is 7.18. The molecule has 0 fully saturated rings. The molecule has 4 aromatic carbocycles. The first-order chi connectivity index (χ1) is 32.6. The number of anilines is 4. The average Bonchev–Trinajstić information content (AvgIpc) is 3.87. The summed E-state index contributed by atoms with van der Waals surface area (Å²) in [7, 11) is 6.37. The lowest BCUT2D eigenvalue weighted by molar-refractivity contribution is -0.112. The van der Waals surface area contributed by atoms with Gasteiger partial charge in [0.1, 0.15) is 33.7 Å². The lowest BCUT2D eigenvalue weighted by atomic mass is 9.81. The number of aromatic nitrogens is 8. The summed E-state index contributed by atoms with van der Waals surface area (Å²) in [5, 5.41) is 34.8. The SMILES string of the molecule is CN(C)C/C=C/C(=O)Nc1ccc(-n2nc(-c3ccc(Cl)cc3)c3c(N)ncnc32)cc1.CN(C)C/C=C/C(=O)Nc1ccc(-n2nc(I)c3c(N)ncnc32)cc1.OB(O)c1ccc(Cl)cc1. The number of nitrogens with zero attached hydrogens (tertiary/aromatic N) is 10. The Kier molecular flexibility index (Phi) is 17.7. The van der Waals surface area contributed by atoms with E-state index in [9.17, 15) is 9.59 Å². The smallest absolute Gasteiger partial charge is 0.423 e. The summed E-state index contributed by atoms with van der Waals surface area (Å²) < 4.78 is 4.15. The molecule has 2 amide bonds. The quantitative estimate of drug-likeness (QED) is 0.0478. The van der Waals surface area contributed by atoms with Crippen molar-refractivity contribution in [3.8, 4) is 22.6 Å². The van der Waals surface area contributed by atoms with Gasteiger partial charge in [-0.25, -0.2) is 29.3 Å². The van der Waals surface area contributed by atoms with Gasteiger partial charge < -0.3 is 41.9 Å². The predicted molar refractivity (Wildman–Crippen MR) is 279 cm³/mol. The van der Waals surface area contributed by atoms with Crippen LogP contribution in [0, 0.1) is 3.70 Å². The molecule has 18 nitrogen and oxygen atoms in total. The van der Waals surface area contributed by atoms with Gasteiger partial charge in [-0.3, -0.25) is 9.59 Å². The second-order valence-corrected chi connectivity index (χ2v) is 17.1. The molecule has 0 saturated heterocycles. The molecule has 348 valence electrons. The van der Waals surface area contributed by atoms with Crippen LogP contribution in [0.15, 0.2) is 134 Å². The van der Waals surface area contributed by atoms with E-state index in [1.54, 1.807) is 45.8 Å². The van der Waals surface area contributed by atoms with Crippen molar-refractivity contribution < 1.29 is 19.6 Å². The fraction of sp³-hybridized carbons (Fsp3) is 0.130. The van der Waals surface area contributed by atoms with Gasteiger partial charge in [0.2, 0.25) is 11.8 Å². The van der Waals surface area contributed by atoms with Crippen LogP contribution >= 0.6 is 45.8 Å². The summed E-state index contributed by atoms with van der Waals surface area (Å²) in [5.74, 6) is 0.396. The summed E-state index contributed by atoms with van der Waals surface area (Å²) in [6, 6.07) is 28.4. The minimum absolute atomic E-state index is 0.167. The van der Waals surface area contributed by atoms with Crippen LogP contribution in [0.3, 0.4) is 0 Å². The van der Waals surface area contributed by atoms with Gasteiger partial charge in [-0.2, -0.15) is 10.2 Å². The van der Waals surface area contributed by atoms with Gasteiger partial charge >= 0.3 is 7.12 Å². The molecule has 0 spiro atoms. The molecule has 22 heteroatoms. The van der Waals surface area contributed by atoms with E-state index in [0.29, 0.717) is 74.0 Å². The maximum absolute atomic E-state index is 12.1. The minimum Gasteiger partial charge on any atom is -0.423 e. The molecule has 0 atom stereocenters. The maximum Gasteiger partial charge on any atom is 0.488 e. The third-order valence-electron chi connectivity index (χ3n) is 9.47. The molecule has 8 aromatic rings. The molecule has 4 heterocycles. The lowest BCUT2D eigenvalue weighted by Gasteiger charge is -2.06. The molecule has 0 aliphatic heterocycles. The number of carbonyl (C=O) groups excluding carboxylic acids is 2. The Morgan fingerprint density at radius 1 is 0.647 bits per heavy atom. The van der Waals surface area contributed by atoms with E-state index in [4.69, 9.17) is 49.8 Å². The number of fused-ring (bicyclic) bond motifs is 2. The summed E-state index contributed by atoms with van der Waals surface area (Å²) in [6.07, 6.45) is 9.49. The molecule has 0 saturated carbocycles. The monoisotopic (exact) mass is 1070 g/mol. The van der Waals surface area contributed by atoms with Crippen LogP contribution in [0.2, 0.25) is 10.0 Å². The Morgan fingerprint density at radius 2 is 1.07 bits per heavy atom. The zero-order valence-corrected chi connectivity index (χ0v) is 40.8. The topological polar surface area (TPSA) is 244 Å². The van der Waals surface area contributed by atoms with Crippen molar-refractivity contribution in [2.75, 3.05) is 63.4 Å². The highest BCUT2D eigenvalue weighted by atomic mass is 127. The van der Waals surface area contributed by atoms with Gasteiger partial charge in [-0.1, -0.05) is 59.6 Å². The molecule has 0 aliphatic carbocycles. The van der Waals surface area contributed by atoms with Gasteiger partial charge in [0.25, 0.3) is 0 Å². The van der Waals surface area contributed by atoms with Crippen molar-refractivity contribution >= 4 is 115 Å². The Labute approximate surface area is 415 Å². The number of amides is 2. The van der Waals surface area contributed by atoms with Crippen LogP contribution in [-0.4, -0.2) is 120 Å². The Morgan fingerprint density at radius 3 is 1.53 bits per heavy atom. The Hall–Kier alpha value is -6.79. The number of rotatable bonds is 12. The third kappa shape index (κ3) is 13.7. The fourth-order valence-electron chi connectivity index (χ4n) is 6.19. The highest BCUT2D eigenvalue weighted by Crippen LogP contribution is 2.32. The van der Waals surface area contributed by atoms with E-state index in [-0.39, 0.29) is 11.8 Å². The number of benzene rings is 4. The Bertz CT molecular complexity index is 3040. The maximum atomic E-state index is 12.1. The summed E-state index contributed by atoms with van der Waals surface area (Å²) >= 11 is 13.7. The van der Waals surface area contributed by atoms with Gasteiger partial charge in [0.15, 0.2) is 11.3 Å². The van der Waals surface area contributed by atoms with Crippen molar-refractivity contribution in [2.45, 2.75) is 0 Å². The first kappa shape index (κ1) is 50.6. The summed E-state index contributed by atoms with van der Waals surface area (Å²) in [6.45, 7) is 1.40. The van der Waals surface area contributed by atoms with Gasteiger partial charge in [0.05, 0.1) is 22.1 Å². The van der Waals surface area contributed by atoms with Gasteiger partial charge in [0, 0.05) is 52.2 Å². The van der Waals surface area contributed by atoms with Gasteiger partial charge in [-0.05, 0) is 129 Å². The van der Waals surface area contributed by atoms with Crippen molar-refractivity contribution in [3.63, 3.8) is 0 Å². The van der Waals surface area contributed by atoms with Crippen molar-refractivity contribution in [2.24, 2.45) is 0 Å². The number of halogens is 3. The molecule has 0 bridgehead atoms. The van der Waals surface area contributed by atoms with Crippen molar-refractivity contribution in [3.05, 3.63) is 148 Å². The molecule has 68 heavy (non-hydrogen) atoms. The number of hydrogen-bond donors (Lipinski definition) is 6. The number of nitrogens with one attached hydrogen (secondary N) is 2. The third-order valence-corrected chi connectivity index (χ3v) is 10.7. The molecule has 0 unspecified atom stereocenters. The predicted octanol–water partition coefficient (Wildman–Crippen LogP) is 5.85. The normalized spacial score (nSPS) is 11.2. The van der Waals surface area contributed by atoms with Gasteiger partial charge in [-0.15, -0.1) is 0 Å². The summed E-state index contributed by atoms with van der Waals surface area (Å²) in [5.41, 5.74) is 18.3. The van der Waals surface area contributed by atoms with E-state index in [0.717, 1.165) is 26.0 Å². The van der Waals surface area contributed by atoms with E-state index < -0.39 is 7.12 Å². The van der Waals surface area contributed by atoms with Crippen LogP contribution in [0.4, 0.5) is 23.0 Å². The van der Waals surface area contributed by atoms with E-state index in [1.165, 1.54) is 24.8 Å².